The van der Waals surface area contributed by atoms with Crippen molar-refractivity contribution in [3.05, 3.63) is 23.8 Å². The molecule has 0 aliphatic carbocycles. The van der Waals surface area contributed by atoms with Gasteiger partial charge in [-0.2, -0.15) is 0 Å². The molecule has 0 bridgehead atoms. The fourth-order valence-corrected chi connectivity index (χ4v) is 3.51. The summed E-state index contributed by atoms with van der Waals surface area (Å²) in [5, 5.41) is 0. The Morgan fingerprint density at radius 1 is 1.14 bits per heavy atom. The second-order valence-electron chi connectivity index (χ2n) is 8.63. The summed E-state index contributed by atoms with van der Waals surface area (Å²) >= 11 is 0. The van der Waals surface area contributed by atoms with Crippen molar-refractivity contribution in [1.82, 2.24) is 4.90 Å². The summed E-state index contributed by atoms with van der Waals surface area (Å²) in [6.07, 6.45) is 0.528. The molecule has 0 spiro atoms. The molecular formula is C23H34N2O4. The Bertz CT molecular complexity index is 747. The van der Waals surface area contributed by atoms with E-state index < -0.39 is 6.10 Å². The lowest BCUT2D eigenvalue weighted by atomic mass is 10.0. The number of Topliss-reactive ketones (excluding diaryl/α,β-unsaturated/α-hetero) is 1. The molecule has 0 N–H and O–H groups in total. The summed E-state index contributed by atoms with van der Waals surface area (Å²) in [4.78, 5) is 41.6. The van der Waals surface area contributed by atoms with Crippen molar-refractivity contribution in [2.75, 3.05) is 24.5 Å². The van der Waals surface area contributed by atoms with E-state index in [0.717, 1.165) is 6.42 Å². The Morgan fingerprint density at radius 3 is 2.31 bits per heavy atom. The van der Waals surface area contributed by atoms with Crippen LogP contribution in [-0.2, 0) is 9.59 Å². The monoisotopic (exact) mass is 402 g/mol. The molecule has 1 aliphatic rings. The highest BCUT2D eigenvalue weighted by Crippen LogP contribution is 2.35. The fraction of sp³-hybridized carbons (Fsp3) is 0.609. The molecule has 1 atom stereocenters. The predicted molar refractivity (Wildman–Crippen MR) is 114 cm³/mol. The second kappa shape index (κ2) is 9.90. The van der Waals surface area contributed by atoms with Crippen molar-refractivity contribution in [1.29, 1.82) is 0 Å². The Balaban J connectivity index is 2.33. The van der Waals surface area contributed by atoms with E-state index in [1.807, 2.05) is 11.8 Å². The number of ether oxygens (including phenoxy) is 1. The summed E-state index contributed by atoms with van der Waals surface area (Å²) in [5.74, 6) is 0.863. The van der Waals surface area contributed by atoms with Crippen LogP contribution in [0.1, 0.15) is 64.7 Å². The molecule has 2 rings (SSSR count). The molecule has 1 aliphatic heterocycles. The Morgan fingerprint density at radius 2 is 1.76 bits per heavy atom. The highest BCUT2D eigenvalue weighted by molar-refractivity contribution is 6.05. The quantitative estimate of drug-likeness (QED) is 0.587. The summed E-state index contributed by atoms with van der Waals surface area (Å²) in [5.41, 5.74) is 1.03. The maximum absolute atomic E-state index is 13.1. The normalized spacial score (nSPS) is 16.1. The summed E-state index contributed by atoms with van der Waals surface area (Å²) in [6, 6.07) is 5.13. The van der Waals surface area contributed by atoms with Crippen LogP contribution in [0.2, 0.25) is 0 Å². The van der Waals surface area contributed by atoms with Gasteiger partial charge >= 0.3 is 0 Å². The van der Waals surface area contributed by atoms with Crippen molar-refractivity contribution < 1.29 is 19.1 Å². The lowest BCUT2D eigenvalue weighted by Crippen LogP contribution is -2.50. The van der Waals surface area contributed by atoms with Crippen molar-refractivity contribution in [2.24, 2.45) is 11.8 Å². The van der Waals surface area contributed by atoms with E-state index in [-0.39, 0.29) is 24.1 Å². The first-order valence-corrected chi connectivity index (χ1v) is 10.6. The maximum atomic E-state index is 13.1. The minimum atomic E-state index is -0.670. The summed E-state index contributed by atoms with van der Waals surface area (Å²) in [6.45, 7) is 13.2. The Kier molecular flexibility index (Phi) is 7.82. The average molecular weight is 403 g/mol. The standard InChI is InChI=1S/C23H34N2O4/c1-7-8-20(26)18-9-10-21-19(11-18)25(23(28)17(6)29-21)14-22(27)24(12-15(2)3)13-16(4)5/h9-11,15-17H,7-8,12-14H2,1-6H3. The zero-order valence-electron chi connectivity index (χ0n) is 18.5. The van der Waals surface area contributed by atoms with E-state index in [4.69, 9.17) is 4.74 Å². The van der Waals surface area contributed by atoms with Gasteiger partial charge in [0.05, 0.1) is 5.69 Å². The fourth-order valence-electron chi connectivity index (χ4n) is 3.51. The number of hydrogen-bond donors (Lipinski definition) is 0. The number of rotatable bonds is 9. The Labute approximate surface area is 174 Å². The molecule has 1 heterocycles. The van der Waals surface area contributed by atoms with Gasteiger partial charge in [-0.15, -0.1) is 0 Å². The molecule has 6 nitrogen and oxygen atoms in total. The van der Waals surface area contributed by atoms with Crippen LogP contribution < -0.4 is 9.64 Å². The smallest absolute Gasteiger partial charge is 0.268 e. The molecule has 1 aromatic rings. The summed E-state index contributed by atoms with van der Waals surface area (Å²) < 4.78 is 5.71. The number of carbonyl (C=O) groups excluding carboxylic acids is 3. The van der Waals surface area contributed by atoms with Crippen molar-refractivity contribution >= 4 is 23.3 Å². The molecule has 0 saturated carbocycles. The minimum absolute atomic E-state index is 0.0221. The van der Waals surface area contributed by atoms with E-state index >= 15 is 0 Å². The number of hydrogen-bond acceptors (Lipinski definition) is 4. The maximum Gasteiger partial charge on any atom is 0.268 e. The molecule has 1 aromatic carbocycles. The van der Waals surface area contributed by atoms with E-state index in [9.17, 15) is 14.4 Å². The van der Waals surface area contributed by atoms with Gasteiger partial charge in [0.1, 0.15) is 12.3 Å². The first kappa shape index (κ1) is 22.9. The lowest BCUT2D eigenvalue weighted by Gasteiger charge is -2.35. The van der Waals surface area contributed by atoms with Crippen LogP contribution >= 0.6 is 0 Å². The molecule has 0 fully saturated rings. The van der Waals surface area contributed by atoms with Crippen molar-refractivity contribution in [3.8, 4) is 5.75 Å². The molecule has 2 amide bonds. The number of nitrogens with zero attached hydrogens (tertiary/aromatic N) is 2. The van der Waals surface area contributed by atoms with E-state index in [0.29, 0.717) is 48.3 Å². The molecule has 0 saturated heterocycles. The molecule has 0 aromatic heterocycles. The first-order valence-electron chi connectivity index (χ1n) is 10.6. The van der Waals surface area contributed by atoms with E-state index in [1.165, 1.54) is 4.90 Å². The summed E-state index contributed by atoms with van der Waals surface area (Å²) in [7, 11) is 0. The SMILES string of the molecule is CCCC(=O)c1ccc2c(c1)N(CC(=O)N(CC(C)C)CC(C)C)C(=O)C(C)O2. The van der Waals surface area contributed by atoms with Gasteiger partial charge in [-0.3, -0.25) is 19.3 Å². The number of ketones is 1. The van der Waals surface area contributed by atoms with Crippen LogP contribution in [-0.4, -0.2) is 48.2 Å². The average Bonchev–Trinajstić information content (AvgIpc) is 2.63. The van der Waals surface area contributed by atoms with Crippen LogP contribution in [0, 0.1) is 11.8 Å². The van der Waals surface area contributed by atoms with Gasteiger partial charge in [0.15, 0.2) is 11.9 Å². The van der Waals surface area contributed by atoms with Crippen molar-refractivity contribution in [2.45, 2.75) is 60.5 Å². The topological polar surface area (TPSA) is 66.9 Å². The molecule has 1 unspecified atom stereocenters. The molecular weight excluding hydrogens is 368 g/mol. The van der Waals surface area contributed by atoms with Crippen LogP contribution in [0.5, 0.6) is 5.75 Å². The highest BCUT2D eigenvalue weighted by atomic mass is 16.5. The zero-order chi connectivity index (χ0) is 21.7. The molecule has 0 radical (unpaired) electrons. The van der Waals surface area contributed by atoms with Crippen LogP contribution in [0.15, 0.2) is 18.2 Å². The van der Waals surface area contributed by atoms with Crippen LogP contribution in [0.4, 0.5) is 5.69 Å². The van der Waals surface area contributed by atoms with Gasteiger partial charge in [0, 0.05) is 25.1 Å². The minimum Gasteiger partial charge on any atom is -0.479 e. The number of carbonyl (C=O) groups is 3. The first-order chi connectivity index (χ1) is 13.6. The van der Waals surface area contributed by atoms with Gasteiger partial charge in [-0.1, -0.05) is 34.6 Å². The number of fused-ring (bicyclic) bond motifs is 1. The molecule has 6 heteroatoms. The van der Waals surface area contributed by atoms with E-state index in [1.54, 1.807) is 25.1 Å². The highest BCUT2D eigenvalue weighted by Gasteiger charge is 2.34. The number of benzene rings is 1. The van der Waals surface area contributed by atoms with Gasteiger partial charge < -0.3 is 9.64 Å². The molecule has 160 valence electrons. The van der Waals surface area contributed by atoms with E-state index in [2.05, 4.69) is 27.7 Å². The van der Waals surface area contributed by atoms with Gasteiger partial charge in [-0.05, 0) is 43.4 Å². The number of anilines is 1. The van der Waals surface area contributed by atoms with Crippen molar-refractivity contribution in [3.63, 3.8) is 0 Å². The third-order valence-electron chi connectivity index (χ3n) is 4.78. The van der Waals surface area contributed by atoms with Gasteiger partial charge in [0.25, 0.3) is 5.91 Å². The third-order valence-corrected chi connectivity index (χ3v) is 4.78. The van der Waals surface area contributed by atoms with Crippen LogP contribution in [0.25, 0.3) is 0 Å². The Hall–Kier alpha value is -2.37. The van der Waals surface area contributed by atoms with Gasteiger partial charge in [-0.25, -0.2) is 0 Å². The second-order valence-corrected chi connectivity index (χ2v) is 8.63. The third kappa shape index (κ3) is 5.81. The lowest BCUT2D eigenvalue weighted by molar-refractivity contribution is -0.133. The largest absolute Gasteiger partial charge is 0.479 e. The zero-order valence-corrected chi connectivity index (χ0v) is 18.5. The number of amides is 2. The molecule has 29 heavy (non-hydrogen) atoms. The van der Waals surface area contributed by atoms with Gasteiger partial charge in [0.2, 0.25) is 5.91 Å². The predicted octanol–water partition coefficient (Wildman–Crippen LogP) is 3.92. The van der Waals surface area contributed by atoms with Crippen LogP contribution in [0.3, 0.4) is 0 Å².